The summed E-state index contributed by atoms with van der Waals surface area (Å²) >= 11 is 9.54. The van der Waals surface area contributed by atoms with Crippen LogP contribution in [0.2, 0.25) is 5.02 Å². The summed E-state index contributed by atoms with van der Waals surface area (Å²) < 4.78 is 8.58. The van der Waals surface area contributed by atoms with Gasteiger partial charge in [0.1, 0.15) is 29.0 Å². The zero-order valence-electron chi connectivity index (χ0n) is 43.1. The van der Waals surface area contributed by atoms with E-state index in [-0.39, 0.29) is 61.4 Å². The molecule has 5 aromatic rings. The van der Waals surface area contributed by atoms with Crippen LogP contribution in [0.5, 0.6) is 0 Å². The molecule has 0 radical (unpaired) electrons. The van der Waals surface area contributed by atoms with Crippen molar-refractivity contribution in [3.8, 4) is 15.4 Å². The van der Waals surface area contributed by atoms with Crippen molar-refractivity contribution >= 4 is 63.6 Å². The van der Waals surface area contributed by atoms with Gasteiger partial charge in [0.05, 0.1) is 58.6 Å². The first-order valence-electron chi connectivity index (χ1n) is 25.4. The van der Waals surface area contributed by atoms with Crippen LogP contribution in [-0.4, -0.2) is 126 Å². The number of aliphatic hydroxyl groups is 1. The number of rotatable bonds is 14. The molecule has 4 amide bonds. The minimum atomic E-state index is -0.935. The molecule has 6 atom stereocenters. The highest BCUT2D eigenvalue weighted by Crippen LogP contribution is 2.40. The van der Waals surface area contributed by atoms with Crippen molar-refractivity contribution < 1.29 is 29.0 Å². The number of benzene rings is 2. The Bertz CT molecular complexity index is 2880. The van der Waals surface area contributed by atoms with Crippen molar-refractivity contribution in [3.63, 3.8) is 0 Å². The molecule has 2 saturated heterocycles. The molecule has 0 bridgehead atoms. The van der Waals surface area contributed by atoms with Crippen LogP contribution in [0, 0.1) is 33.1 Å². The molecule has 3 fully saturated rings. The van der Waals surface area contributed by atoms with E-state index in [1.165, 1.54) is 9.78 Å². The first-order valence-corrected chi connectivity index (χ1v) is 27.5. The summed E-state index contributed by atoms with van der Waals surface area (Å²) in [6.07, 6.45) is 2.28. The molecular weight excluding hydrogens is 984 g/mol. The minimum Gasteiger partial charge on any atom is -0.391 e. The zero-order chi connectivity index (χ0) is 52.0. The quantitative estimate of drug-likeness (QED) is 0.0865. The fraction of sp³-hybridized carbons (Fsp3) is 0.519. The lowest BCUT2D eigenvalue weighted by Crippen LogP contribution is -2.60. The van der Waals surface area contributed by atoms with Crippen LogP contribution >= 0.6 is 34.3 Å². The van der Waals surface area contributed by atoms with Crippen LogP contribution in [0.25, 0.3) is 15.4 Å². The van der Waals surface area contributed by atoms with E-state index in [0.717, 1.165) is 67.8 Å². The number of piperidine rings is 1. The maximum Gasteiger partial charge on any atom is 0.246 e. The van der Waals surface area contributed by atoms with Gasteiger partial charge in [-0.05, 0) is 101 Å². The highest BCUT2D eigenvalue weighted by Gasteiger charge is 2.46. The summed E-state index contributed by atoms with van der Waals surface area (Å²) in [5.41, 5.74) is 7.94. The average molecular weight is 1050 g/mol. The van der Waals surface area contributed by atoms with Gasteiger partial charge in [-0.25, -0.2) is 4.98 Å². The number of fused-ring (bicyclic) bond motifs is 3. The Kier molecular flexibility index (Phi) is 15.4. The second-order valence-corrected chi connectivity index (χ2v) is 23.8. The van der Waals surface area contributed by atoms with E-state index in [4.69, 9.17) is 21.3 Å². The van der Waals surface area contributed by atoms with Gasteiger partial charge in [-0.15, -0.1) is 32.9 Å². The first kappa shape index (κ1) is 52.5. The number of nitrogens with zero attached hydrogens (tertiary/aromatic N) is 7. The first-order chi connectivity index (χ1) is 34.7. The molecule has 3 aliphatic heterocycles. The lowest BCUT2D eigenvalue weighted by Gasteiger charge is -2.41. The molecule has 16 nitrogen and oxygen atoms in total. The zero-order valence-corrected chi connectivity index (χ0v) is 45.5. The fourth-order valence-corrected chi connectivity index (χ4v) is 12.7. The van der Waals surface area contributed by atoms with Gasteiger partial charge in [0.25, 0.3) is 0 Å². The monoisotopic (exact) mass is 1050 g/mol. The standard InChI is InChI=1S/C54H67ClN10O6S2/c1-28-32(5)73-53-45(28)46(35-14-16-37(55)17-15-35)59-42(49-62-61-33(6)65(49)53)25-44(67)58-38-22-41(23-38)71-40-18-20-63(21-19-40)31(4)50(68)60-48(54(7,8)9)52(70)64-26-39(66)24-43(64)51(69)57-29(2)34-10-12-36(13-11-34)47-30(3)56-27-72-47/h10-17,27,29,31,38-43,48,66H,18-26H2,1-9H3,(H,57,69)(H,58,67)(H,60,68)/t29-,31+,38?,39+,41?,42-,43-,48+/m0/s1. The smallest absolute Gasteiger partial charge is 0.246 e. The molecule has 2 aromatic carbocycles. The summed E-state index contributed by atoms with van der Waals surface area (Å²) in [4.78, 5) is 71.4. The van der Waals surface area contributed by atoms with Crippen molar-refractivity contribution in [2.75, 3.05) is 19.6 Å². The third-order valence-corrected chi connectivity index (χ3v) is 17.4. The molecule has 0 unspecified atom stereocenters. The van der Waals surface area contributed by atoms with Gasteiger partial charge >= 0.3 is 0 Å². The summed E-state index contributed by atoms with van der Waals surface area (Å²) in [6.45, 7) is 18.8. The number of aliphatic imine (C=N–C) groups is 1. The van der Waals surface area contributed by atoms with Crippen LogP contribution < -0.4 is 16.0 Å². The van der Waals surface area contributed by atoms with Crippen molar-refractivity contribution in [1.82, 2.24) is 45.5 Å². The average Bonchev–Trinajstić information content (AvgIpc) is 4.11. The Hall–Kier alpha value is -5.37. The molecule has 1 aliphatic carbocycles. The molecule has 9 rings (SSSR count). The number of carbonyl (C=O) groups is 4. The van der Waals surface area contributed by atoms with E-state index in [0.29, 0.717) is 36.8 Å². The Morgan fingerprint density at radius 3 is 2.25 bits per heavy atom. The largest absolute Gasteiger partial charge is 0.391 e. The predicted molar refractivity (Wildman–Crippen MR) is 284 cm³/mol. The molecule has 4 N–H and O–H groups in total. The van der Waals surface area contributed by atoms with E-state index >= 15 is 0 Å². The van der Waals surface area contributed by atoms with Gasteiger partial charge in [0, 0.05) is 53.1 Å². The number of ether oxygens (including phenoxy) is 1. The molecule has 3 aromatic heterocycles. The lowest BCUT2D eigenvalue weighted by atomic mass is 9.85. The van der Waals surface area contributed by atoms with E-state index in [2.05, 4.69) is 54.4 Å². The maximum atomic E-state index is 14.4. The van der Waals surface area contributed by atoms with E-state index in [9.17, 15) is 24.3 Å². The molecular formula is C54H67ClN10O6S2. The molecule has 388 valence electrons. The Balaban J connectivity index is 0.748. The minimum absolute atomic E-state index is 0.00304. The van der Waals surface area contributed by atoms with Crippen molar-refractivity contribution in [3.05, 3.63) is 104 Å². The molecule has 19 heteroatoms. The lowest BCUT2D eigenvalue weighted by molar-refractivity contribution is -0.145. The number of hydrogen-bond acceptors (Lipinski definition) is 13. The summed E-state index contributed by atoms with van der Waals surface area (Å²) in [5, 5.41) is 30.7. The van der Waals surface area contributed by atoms with Gasteiger partial charge < -0.3 is 30.7 Å². The number of likely N-dealkylation sites (tertiary alicyclic amines) is 2. The van der Waals surface area contributed by atoms with Gasteiger partial charge in [-0.1, -0.05) is 68.8 Å². The fourth-order valence-electron chi connectivity index (χ4n) is 10.5. The molecule has 1 saturated carbocycles. The summed E-state index contributed by atoms with van der Waals surface area (Å²) in [7, 11) is 0. The number of carbonyl (C=O) groups excluding carboxylic acids is 4. The predicted octanol–water partition coefficient (Wildman–Crippen LogP) is 7.51. The van der Waals surface area contributed by atoms with Crippen molar-refractivity contribution in [2.24, 2.45) is 10.4 Å². The number of aliphatic hydroxyl groups excluding tert-OH is 1. The Labute approximate surface area is 440 Å². The van der Waals surface area contributed by atoms with Crippen molar-refractivity contribution in [2.45, 2.75) is 155 Å². The number of nitrogens with one attached hydrogen (secondary N) is 3. The van der Waals surface area contributed by atoms with E-state index in [1.54, 1.807) is 22.7 Å². The van der Waals surface area contributed by atoms with Gasteiger partial charge in [-0.3, -0.25) is 33.6 Å². The number of β-amino-alcohol motifs (C(OH)–C–C–N with tert-alkyl or cyclic N) is 1. The van der Waals surface area contributed by atoms with Crippen molar-refractivity contribution in [1.29, 1.82) is 0 Å². The topological polar surface area (TPSA) is 196 Å². The van der Waals surface area contributed by atoms with Crippen LogP contribution in [0.3, 0.4) is 0 Å². The van der Waals surface area contributed by atoms with Gasteiger partial charge in [0.2, 0.25) is 23.6 Å². The Morgan fingerprint density at radius 2 is 1.59 bits per heavy atom. The third kappa shape index (κ3) is 11.2. The van der Waals surface area contributed by atoms with Gasteiger partial charge in [0.15, 0.2) is 5.82 Å². The number of aryl methyl sites for hydroxylation is 3. The highest BCUT2D eigenvalue weighted by atomic mass is 35.5. The second kappa shape index (κ2) is 21.5. The summed E-state index contributed by atoms with van der Waals surface area (Å²) in [5.74, 6) is 0.246. The Morgan fingerprint density at radius 1 is 0.904 bits per heavy atom. The molecule has 6 heterocycles. The van der Waals surface area contributed by atoms with Crippen LogP contribution in [0.15, 0.2) is 59.0 Å². The maximum absolute atomic E-state index is 14.4. The number of halogens is 1. The number of amides is 4. The second-order valence-electron chi connectivity index (χ2n) is 21.3. The number of thiophene rings is 1. The normalized spacial score (nSPS) is 22.5. The molecule has 0 spiro atoms. The highest BCUT2D eigenvalue weighted by molar-refractivity contribution is 7.15. The third-order valence-electron chi connectivity index (χ3n) is 15.0. The molecule has 4 aliphatic rings. The number of thiazole rings is 1. The van der Waals surface area contributed by atoms with Crippen LogP contribution in [0.1, 0.15) is 130 Å². The van der Waals surface area contributed by atoms with E-state index < -0.39 is 41.6 Å². The molecule has 73 heavy (non-hydrogen) atoms. The van der Waals surface area contributed by atoms with Crippen LogP contribution in [0.4, 0.5) is 0 Å². The van der Waals surface area contributed by atoms with Gasteiger partial charge in [-0.2, -0.15) is 0 Å². The van der Waals surface area contributed by atoms with Crippen LogP contribution in [-0.2, 0) is 23.9 Å². The summed E-state index contributed by atoms with van der Waals surface area (Å²) in [6, 6.07) is 12.4. The number of hydrogen-bond donors (Lipinski definition) is 4. The number of aromatic nitrogens is 4. The SMILES string of the molecule is Cc1ncsc1-c1ccc([C@H](C)NC(=O)[C@@H]2C[C@@H](O)CN2C(=O)[C@@H](NC(=O)[C@@H](C)N2CCC(OC3CC(NC(=O)C[C@@H]4N=C(c5ccc(Cl)cc5)c5c(sc(C)c5C)-n5c(C)nnc54)C3)CC2)C(C)(C)C)cc1. The van der Waals surface area contributed by atoms with E-state index in [1.807, 2.05) is 103 Å².